The quantitative estimate of drug-likeness (QED) is 0.349. The maximum Gasteiger partial charge on any atom is 0.389 e. The predicted molar refractivity (Wildman–Crippen MR) is 139 cm³/mol. The fourth-order valence-electron chi connectivity index (χ4n) is 5.39. The summed E-state index contributed by atoms with van der Waals surface area (Å²) in [5, 5.41) is 10.7. The average molecular weight is 545 g/mol. The number of aromatic amines is 1. The lowest BCUT2D eigenvalue weighted by Gasteiger charge is -2.44. The van der Waals surface area contributed by atoms with E-state index in [0.29, 0.717) is 40.8 Å². The van der Waals surface area contributed by atoms with E-state index in [2.05, 4.69) is 20.5 Å². The van der Waals surface area contributed by atoms with Gasteiger partial charge in [0.15, 0.2) is 5.82 Å². The van der Waals surface area contributed by atoms with Gasteiger partial charge in [-0.15, -0.1) is 0 Å². The zero-order valence-corrected chi connectivity index (χ0v) is 21.9. The van der Waals surface area contributed by atoms with E-state index in [1.54, 1.807) is 13.0 Å². The van der Waals surface area contributed by atoms with Crippen LogP contribution in [0.4, 0.5) is 13.2 Å². The van der Waals surface area contributed by atoms with Crippen LogP contribution in [0.15, 0.2) is 36.4 Å². The first-order valence-electron chi connectivity index (χ1n) is 12.6. The molecule has 0 saturated heterocycles. The molecule has 1 amide bonds. The van der Waals surface area contributed by atoms with Crippen LogP contribution in [0.5, 0.6) is 5.75 Å². The predicted octanol–water partition coefficient (Wildman–Crippen LogP) is 6.46. The average Bonchev–Trinajstić information content (AvgIpc) is 3.28. The molecule has 0 bridgehead atoms. The molecule has 2 heterocycles. The molecule has 1 aromatic heterocycles. The minimum absolute atomic E-state index is 0.0837. The molecule has 0 radical (unpaired) electrons. The molecule has 2 aliphatic rings. The Morgan fingerprint density at radius 1 is 1.16 bits per heavy atom. The lowest BCUT2D eigenvalue weighted by Crippen LogP contribution is -2.51. The molecule has 10 heteroatoms. The minimum atomic E-state index is -4.22. The summed E-state index contributed by atoms with van der Waals surface area (Å²) in [6, 6.07) is 11.6. The Morgan fingerprint density at radius 3 is 2.61 bits per heavy atom. The van der Waals surface area contributed by atoms with Gasteiger partial charge in [-0.05, 0) is 73.9 Å². The normalized spacial score (nSPS) is 19.5. The van der Waals surface area contributed by atoms with Gasteiger partial charge in [0.2, 0.25) is 0 Å². The number of rotatable bonds is 6. The van der Waals surface area contributed by atoms with Crippen molar-refractivity contribution in [2.24, 2.45) is 0 Å². The molecule has 1 aliphatic heterocycles. The molecule has 1 aliphatic carbocycles. The van der Waals surface area contributed by atoms with Crippen molar-refractivity contribution >= 4 is 28.7 Å². The van der Waals surface area contributed by atoms with E-state index >= 15 is 0 Å². The summed E-state index contributed by atoms with van der Waals surface area (Å²) in [7, 11) is 0. The second-order valence-corrected chi connectivity index (χ2v) is 10.4. The Labute approximate surface area is 223 Å². The third-order valence-corrected chi connectivity index (χ3v) is 7.46. The fraction of sp³-hybridized carbons (Fsp3) is 0.393. The minimum Gasteiger partial charge on any atom is -0.492 e. The van der Waals surface area contributed by atoms with Crippen LogP contribution >= 0.6 is 11.6 Å². The number of amides is 1. The van der Waals surface area contributed by atoms with Gasteiger partial charge >= 0.3 is 6.18 Å². The highest BCUT2D eigenvalue weighted by molar-refractivity contribution is 6.32. The van der Waals surface area contributed by atoms with Crippen molar-refractivity contribution in [3.63, 3.8) is 0 Å². The third kappa shape index (κ3) is 5.29. The van der Waals surface area contributed by atoms with Gasteiger partial charge in [-0.2, -0.15) is 18.3 Å². The first-order chi connectivity index (χ1) is 18.0. The van der Waals surface area contributed by atoms with E-state index in [9.17, 15) is 18.0 Å². The number of carbonyl (C=O) groups is 1. The number of halogens is 4. The molecule has 2 aromatic carbocycles. The number of H-pyrrole nitrogens is 1. The Hall–Kier alpha value is -3.33. The molecule has 6 nitrogen and oxygen atoms in total. The SMILES string of the molecule is Cc1ccc(C2=C(c3n[nH]c(C)n3)C(=O)N[C@@]3(CCCc4cc(OCCCC(F)(F)F)c(Cl)cc43)C2)cc1. The molecule has 0 fully saturated rings. The monoisotopic (exact) mass is 544 g/mol. The number of alkyl halides is 3. The van der Waals surface area contributed by atoms with Crippen LogP contribution in [0.25, 0.3) is 11.1 Å². The van der Waals surface area contributed by atoms with Crippen LogP contribution in [-0.2, 0) is 16.8 Å². The number of benzene rings is 2. The van der Waals surface area contributed by atoms with Gasteiger partial charge in [0.25, 0.3) is 5.91 Å². The number of aromatic nitrogens is 3. The number of ether oxygens (including phenoxy) is 1. The molecular formula is C28H28ClF3N4O2. The molecule has 200 valence electrons. The smallest absolute Gasteiger partial charge is 0.389 e. The van der Waals surface area contributed by atoms with Crippen LogP contribution in [0, 0.1) is 13.8 Å². The number of carbonyl (C=O) groups excluding carboxylic acids is 1. The molecular weight excluding hydrogens is 517 g/mol. The number of fused-ring (bicyclic) bond motifs is 2. The maximum atomic E-state index is 13.7. The number of nitrogens with one attached hydrogen (secondary N) is 2. The van der Waals surface area contributed by atoms with E-state index in [0.717, 1.165) is 40.7 Å². The Kier molecular flexibility index (Phi) is 6.98. The third-order valence-electron chi connectivity index (χ3n) is 7.17. The van der Waals surface area contributed by atoms with E-state index in [1.807, 2.05) is 37.3 Å². The molecule has 38 heavy (non-hydrogen) atoms. The largest absolute Gasteiger partial charge is 0.492 e. The summed E-state index contributed by atoms with van der Waals surface area (Å²) >= 11 is 6.57. The maximum absolute atomic E-state index is 13.7. The molecule has 0 unspecified atom stereocenters. The van der Waals surface area contributed by atoms with Gasteiger partial charge in [0.1, 0.15) is 11.6 Å². The lowest BCUT2D eigenvalue weighted by molar-refractivity contribution is -0.136. The van der Waals surface area contributed by atoms with Gasteiger partial charge in [-0.25, -0.2) is 4.98 Å². The van der Waals surface area contributed by atoms with E-state index < -0.39 is 18.1 Å². The molecule has 1 atom stereocenters. The van der Waals surface area contributed by atoms with Crippen molar-refractivity contribution < 1.29 is 22.7 Å². The van der Waals surface area contributed by atoms with Crippen molar-refractivity contribution in [1.29, 1.82) is 0 Å². The molecule has 0 saturated carbocycles. The topological polar surface area (TPSA) is 79.9 Å². The van der Waals surface area contributed by atoms with Crippen LogP contribution in [0.1, 0.15) is 66.0 Å². The highest BCUT2D eigenvalue weighted by Crippen LogP contribution is 2.48. The number of hydrogen-bond donors (Lipinski definition) is 2. The number of nitrogens with zero attached hydrogens (tertiary/aromatic N) is 2. The van der Waals surface area contributed by atoms with Gasteiger partial charge in [0, 0.05) is 12.8 Å². The second kappa shape index (κ2) is 10.1. The standard InChI is InChI=1S/C28H28ClF3N4O2/c1-16-6-8-18(9-7-16)20-15-27(34-26(37)24(20)25-33-17(2)35-36-25)10-3-5-19-13-23(22(29)14-21(19)27)38-12-4-11-28(30,31)32/h6-9,13-14H,3-5,10-12,15H2,1-2H3,(H,34,37)(H,33,35,36)/t27-/m0/s1. The summed E-state index contributed by atoms with van der Waals surface area (Å²) < 4.78 is 43.1. The van der Waals surface area contributed by atoms with Crippen LogP contribution in [0.3, 0.4) is 0 Å². The Bertz CT molecular complexity index is 1400. The van der Waals surface area contributed by atoms with Gasteiger partial charge in [0.05, 0.1) is 22.7 Å². The van der Waals surface area contributed by atoms with Crippen LogP contribution < -0.4 is 10.1 Å². The van der Waals surface area contributed by atoms with Crippen molar-refractivity contribution in [3.8, 4) is 5.75 Å². The number of aryl methyl sites for hydroxylation is 3. The molecule has 1 spiro atoms. The zero-order valence-electron chi connectivity index (χ0n) is 21.1. The van der Waals surface area contributed by atoms with E-state index in [-0.39, 0.29) is 18.9 Å². The summed E-state index contributed by atoms with van der Waals surface area (Å²) in [6.07, 6.45) is -2.49. The Balaban J connectivity index is 1.52. The summed E-state index contributed by atoms with van der Waals surface area (Å²) in [5.74, 6) is 1.06. The molecule has 2 N–H and O–H groups in total. The number of hydrogen-bond acceptors (Lipinski definition) is 4. The Morgan fingerprint density at radius 2 is 1.92 bits per heavy atom. The molecule has 5 rings (SSSR count). The van der Waals surface area contributed by atoms with Crippen molar-refractivity contribution in [3.05, 3.63) is 75.3 Å². The second-order valence-electron chi connectivity index (χ2n) is 10.0. The summed E-state index contributed by atoms with van der Waals surface area (Å²) in [4.78, 5) is 18.2. The highest BCUT2D eigenvalue weighted by Gasteiger charge is 2.45. The van der Waals surface area contributed by atoms with E-state index in [1.165, 1.54) is 0 Å². The zero-order chi connectivity index (χ0) is 27.1. The van der Waals surface area contributed by atoms with Crippen molar-refractivity contribution in [2.45, 2.75) is 64.1 Å². The summed E-state index contributed by atoms with van der Waals surface area (Å²) in [5.41, 5.74) is 4.49. The fourth-order valence-corrected chi connectivity index (χ4v) is 5.60. The highest BCUT2D eigenvalue weighted by atomic mass is 35.5. The van der Waals surface area contributed by atoms with Crippen LogP contribution in [-0.4, -0.2) is 33.9 Å². The lowest BCUT2D eigenvalue weighted by atomic mass is 9.69. The first-order valence-corrected chi connectivity index (χ1v) is 13.0. The summed E-state index contributed by atoms with van der Waals surface area (Å²) in [6.45, 7) is 3.71. The van der Waals surface area contributed by atoms with Gasteiger partial charge in [-0.3, -0.25) is 9.89 Å². The first kappa shape index (κ1) is 26.3. The van der Waals surface area contributed by atoms with Crippen molar-refractivity contribution in [2.75, 3.05) is 6.61 Å². The van der Waals surface area contributed by atoms with Gasteiger partial charge < -0.3 is 10.1 Å². The van der Waals surface area contributed by atoms with E-state index in [4.69, 9.17) is 16.3 Å². The molecule has 3 aromatic rings. The van der Waals surface area contributed by atoms with Crippen LogP contribution in [0.2, 0.25) is 5.02 Å². The van der Waals surface area contributed by atoms with Crippen molar-refractivity contribution in [1.82, 2.24) is 20.5 Å². The van der Waals surface area contributed by atoms with Gasteiger partial charge in [-0.1, -0.05) is 41.4 Å².